The Kier molecular flexibility index (Phi) is 5.57. The maximum absolute atomic E-state index is 10.5. The molecular formula is C6H12N2O5. The summed E-state index contributed by atoms with van der Waals surface area (Å²) in [4.78, 5) is 20.4. The lowest BCUT2D eigenvalue weighted by atomic mass is 10.4. The quantitative estimate of drug-likeness (QED) is 0.257. The van der Waals surface area contributed by atoms with Gasteiger partial charge in [-0.1, -0.05) is 0 Å². The standard InChI is InChI=1S/C6H12N2O5/c9-4(5(10)11)7-2-1-3-8-6(12)13/h5,8,10-11H,1-3H2,(H,7,9)(H,12,13). The molecule has 0 spiro atoms. The van der Waals surface area contributed by atoms with Gasteiger partial charge in [0.2, 0.25) is 6.29 Å². The van der Waals surface area contributed by atoms with Gasteiger partial charge in [0, 0.05) is 13.1 Å². The Hall–Kier alpha value is -1.34. The number of carboxylic acid groups (broad SMARTS) is 1. The average molecular weight is 192 g/mol. The molecule has 0 bridgehead atoms. The van der Waals surface area contributed by atoms with Crippen molar-refractivity contribution in [3.05, 3.63) is 0 Å². The molecule has 7 heteroatoms. The zero-order valence-electron chi connectivity index (χ0n) is 6.86. The van der Waals surface area contributed by atoms with Crippen LogP contribution in [0.25, 0.3) is 0 Å². The zero-order valence-corrected chi connectivity index (χ0v) is 6.86. The molecule has 0 atom stereocenters. The summed E-state index contributed by atoms with van der Waals surface area (Å²) < 4.78 is 0. The summed E-state index contributed by atoms with van der Waals surface area (Å²) in [5, 5.41) is 29.0. The van der Waals surface area contributed by atoms with E-state index in [1.807, 2.05) is 0 Å². The van der Waals surface area contributed by atoms with Crippen LogP contribution in [0.2, 0.25) is 0 Å². The van der Waals surface area contributed by atoms with Crippen molar-refractivity contribution in [1.29, 1.82) is 0 Å². The molecule has 0 aliphatic carbocycles. The Bertz CT molecular complexity index is 182. The highest BCUT2D eigenvalue weighted by atomic mass is 16.5. The molecule has 0 rings (SSSR count). The summed E-state index contributed by atoms with van der Waals surface area (Å²) in [6.07, 6.45) is -2.76. The Morgan fingerprint density at radius 2 is 1.69 bits per heavy atom. The van der Waals surface area contributed by atoms with E-state index in [1.165, 1.54) is 0 Å². The first-order chi connectivity index (χ1) is 6.04. The van der Waals surface area contributed by atoms with Crippen molar-refractivity contribution in [2.24, 2.45) is 0 Å². The molecule has 0 unspecified atom stereocenters. The first kappa shape index (κ1) is 11.7. The fraction of sp³-hybridized carbons (Fsp3) is 0.667. The Balaban J connectivity index is 3.26. The zero-order chi connectivity index (χ0) is 10.3. The number of amides is 2. The number of carbonyl (C=O) groups excluding carboxylic acids is 1. The molecular weight excluding hydrogens is 180 g/mol. The van der Waals surface area contributed by atoms with E-state index in [9.17, 15) is 9.59 Å². The normalized spacial score (nSPS) is 9.77. The van der Waals surface area contributed by atoms with Crippen molar-refractivity contribution in [2.75, 3.05) is 13.1 Å². The fourth-order valence-electron chi connectivity index (χ4n) is 0.587. The maximum Gasteiger partial charge on any atom is 0.404 e. The van der Waals surface area contributed by atoms with Crippen molar-refractivity contribution in [2.45, 2.75) is 12.7 Å². The van der Waals surface area contributed by atoms with E-state index < -0.39 is 18.3 Å². The van der Waals surface area contributed by atoms with Crippen molar-refractivity contribution in [3.63, 3.8) is 0 Å². The predicted octanol–water partition coefficient (Wildman–Crippen LogP) is -1.93. The molecule has 0 aromatic heterocycles. The summed E-state index contributed by atoms with van der Waals surface area (Å²) >= 11 is 0. The van der Waals surface area contributed by atoms with Crippen LogP contribution in [0.15, 0.2) is 0 Å². The van der Waals surface area contributed by atoms with Gasteiger partial charge in [-0.05, 0) is 6.42 Å². The number of hydrogen-bond donors (Lipinski definition) is 5. The van der Waals surface area contributed by atoms with Crippen molar-refractivity contribution in [3.8, 4) is 0 Å². The van der Waals surface area contributed by atoms with Gasteiger partial charge in [0.15, 0.2) is 0 Å². The van der Waals surface area contributed by atoms with Crippen molar-refractivity contribution >= 4 is 12.0 Å². The number of aliphatic hydroxyl groups is 2. The first-order valence-corrected chi connectivity index (χ1v) is 3.64. The molecule has 0 fully saturated rings. The highest BCUT2D eigenvalue weighted by Gasteiger charge is 2.08. The van der Waals surface area contributed by atoms with E-state index in [-0.39, 0.29) is 13.1 Å². The van der Waals surface area contributed by atoms with E-state index in [0.717, 1.165) is 0 Å². The number of hydrogen-bond acceptors (Lipinski definition) is 4. The Morgan fingerprint density at radius 1 is 1.15 bits per heavy atom. The fourth-order valence-corrected chi connectivity index (χ4v) is 0.587. The number of carbonyl (C=O) groups is 2. The minimum atomic E-state index is -2.02. The van der Waals surface area contributed by atoms with E-state index in [2.05, 4.69) is 10.6 Å². The highest BCUT2D eigenvalue weighted by Crippen LogP contribution is 1.77. The van der Waals surface area contributed by atoms with E-state index in [1.54, 1.807) is 0 Å². The second-order valence-corrected chi connectivity index (χ2v) is 2.25. The van der Waals surface area contributed by atoms with Gasteiger partial charge in [0.25, 0.3) is 5.91 Å². The number of nitrogens with one attached hydrogen (secondary N) is 2. The summed E-state index contributed by atoms with van der Waals surface area (Å²) in [6, 6.07) is 0. The maximum atomic E-state index is 10.5. The van der Waals surface area contributed by atoms with Gasteiger partial charge in [-0.2, -0.15) is 0 Å². The van der Waals surface area contributed by atoms with Gasteiger partial charge in [-0.15, -0.1) is 0 Å². The molecule has 13 heavy (non-hydrogen) atoms. The van der Waals surface area contributed by atoms with Gasteiger partial charge in [-0.25, -0.2) is 4.79 Å². The first-order valence-electron chi connectivity index (χ1n) is 3.64. The molecule has 0 radical (unpaired) electrons. The number of aliphatic hydroxyl groups excluding tert-OH is 1. The van der Waals surface area contributed by atoms with E-state index in [0.29, 0.717) is 6.42 Å². The topological polar surface area (TPSA) is 119 Å². The summed E-state index contributed by atoms with van der Waals surface area (Å²) in [6.45, 7) is 0.397. The highest BCUT2D eigenvalue weighted by molar-refractivity contribution is 5.78. The van der Waals surface area contributed by atoms with Crippen molar-refractivity contribution < 1.29 is 24.9 Å². The van der Waals surface area contributed by atoms with Gasteiger partial charge in [0.05, 0.1) is 0 Å². The molecule has 0 saturated heterocycles. The van der Waals surface area contributed by atoms with Gasteiger partial charge < -0.3 is 26.0 Å². The third-order valence-electron chi connectivity index (χ3n) is 1.16. The van der Waals surface area contributed by atoms with Crippen LogP contribution in [0.1, 0.15) is 6.42 Å². The lowest BCUT2D eigenvalue weighted by Gasteiger charge is -2.05. The monoisotopic (exact) mass is 192 g/mol. The Morgan fingerprint density at radius 3 is 2.15 bits per heavy atom. The van der Waals surface area contributed by atoms with Crippen LogP contribution in [-0.2, 0) is 4.79 Å². The summed E-state index contributed by atoms with van der Waals surface area (Å²) in [5.41, 5.74) is 0. The minimum absolute atomic E-state index is 0.191. The number of rotatable bonds is 5. The lowest BCUT2D eigenvalue weighted by Crippen LogP contribution is -2.36. The molecule has 7 nitrogen and oxygen atoms in total. The second-order valence-electron chi connectivity index (χ2n) is 2.25. The molecule has 0 aliphatic heterocycles. The van der Waals surface area contributed by atoms with Crippen LogP contribution >= 0.6 is 0 Å². The predicted molar refractivity (Wildman–Crippen MR) is 41.9 cm³/mol. The van der Waals surface area contributed by atoms with E-state index in [4.69, 9.17) is 15.3 Å². The SMILES string of the molecule is O=C(O)NCCCNC(=O)C(O)O. The molecule has 2 amide bonds. The lowest BCUT2D eigenvalue weighted by molar-refractivity contribution is -0.147. The molecule has 0 aromatic carbocycles. The summed E-state index contributed by atoms with van der Waals surface area (Å²) in [7, 11) is 0. The molecule has 0 aromatic rings. The van der Waals surface area contributed by atoms with Gasteiger partial charge in [0.1, 0.15) is 0 Å². The van der Waals surface area contributed by atoms with Crippen molar-refractivity contribution in [1.82, 2.24) is 10.6 Å². The third-order valence-corrected chi connectivity index (χ3v) is 1.16. The third kappa shape index (κ3) is 7.04. The van der Waals surface area contributed by atoms with Gasteiger partial charge >= 0.3 is 6.09 Å². The van der Waals surface area contributed by atoms with Crippen LogP contribution < -0.4 is 10.6 Å². The summed E-state index contributed by atoms with van der Waals surface area (Å²) in [5.74, 6) is -0.893. The van der Waals surface area contributed by atoms with Gasteiger partial charge in [-0.3, -0.25) is 4.79 Å². The molecule has 0 saturated carbocycles. The smallest absolute Gasteiger partial charge is 0.404 e. The molecule has 5 N–H and O–H groups in total. The van der Waals surface area contributed by atoms with Crippen LogP contribution in [0, 0.1) is 0 Å². The molecule has 0 aliphatic rings. The van der Waals surface area contributed by atoms with Crippen LogP contribution in [0.5, 0.6) is 0 Å². The van der Waals surface area contributed by atoms with Crippen LogP contribution in [0.4, 0.5) is 4.79 Å². The van der Waals surface area contributed by atoms with Crippen LogP contribution in [0.3, 0.4) is 0 Å². The second kappa shape index (κ2) is 6.21. The molecule has 76 valence electrons. The average Bonchev–Trinajstić information content (AvgIpc) is 2.02. The van der Waals surface area contributed by atoms with Crippen LogP contribution in [-0.4, -0.2) is 46.7 Å². The minimum Gasteiger partial charge on any atom is -0.465 e. The molecule has 0 heterocycles. The van der Waals surface area contributed by atoms with E-state index >= 15 is 0 Å². The Labute approximate surface area is 74.4 Å². The largest absolute Gasteiger partial charge is 0.465 e.